The van der Waals surface area contributed by atoms with Crippen LogP contribution in [-0.4, -0.2) is 43.3 Å². The number of nitrogens with zero attached hydrogens (tertiary/aromatic N) is 5. The van der Waals surface area contributed by atoms with Crippen LogP contribution in [0.5, 0.6) is 5.75 Å². The number of aromatic nitrogens is 5. The van der Waals surface area contributed by atoms with Gasteiger partial charge in [0.05, 0.1) is 14.2 Å². The Bertz CT molecular complexity index is 1400. The lowest BCUT2D eigenvalue weighted by atomic mass is 10.3. The van der Waals surface area contributed by atoms with Crippen molar-refractivity contribution >= 4 is 22.9 Å². The second-order valence-corrected chi connectivity index (χ2v) is 6.97. The van der Waals surface area contributed by atoms with Crippen molar-refractivity contribution in [2.24, 2.45) is 7.05 Å². The number of methoxy groups -OCH3 is 2. The summed E-state index contributed by atoms with van der Waals surface area (Å²) >= 11 is 0. The van der Waals surface area contributed by atoms with Crippen LogP contribution in [0, 0.1) is 6.92 Å². The summed E-state index contributed by atoms with van der Waals surface area (Å²) in [5, 5.41) is 0. The molecule has 0 spiro atoms. The number of carbonyl (C=O) groups is 1. The van der Waals surface area contributed by atoms with E-state index >= 15 is 0 Å². The minimum Gasteiger partial charge on any atom is -0.497 e. The molecule has 3 heterocycles. The summed E-state index contributed by atoms with van der Waals surface area (Å²) < 4.78 is 15.6. The van der Waals surface area contributed by atoms with E-state index in [4.69, 9.17) is 9.47 Å². The molecule has 1 atom stereocenters. The summed E-state index contributed by atoms with van der Waals surface area (Å²) in [6.07, 6.45) is 1.77. The number of esters is 1. The van der Waals surface area contributed by atoms with Gasteiger partial charge in [-0.05, 0) is 38.1 Å². The predicted molar refractivity (Wildman–Crippen MR) is 110 cm³/mol. The summed E-state index contributed by atoms with van der Waals surface area (Å²) in [4.78, 5) is 42.6. The SMILES string of the molecule is COC(=O)C(C)n1c(=O)c2c(nc3n(-c4ccc(OC)cc4)c(C)cn23)n(C)c1=O. The van der Waals surface area contributed by atoms with Gasteiger partial charge in [-0.25, -0.2) is 14.2 Å². The van der Waals surface area contributed by atoms with Gasteiger partial charge >= 0.3 is 11.7 Å². The minimum absolute atomic E-state index is 0.207. The van der Waals surface area contributed by atoms with Crippen LogP contribution in [0.25, 0.3) is 22.6 Å². The van der Waals surface area contributed by atoms with Crippen molar-refractivity contribution in [2.75, 3.05) is 14.2 Å². The Hall–Kier alpha value is -3.82. The van der Waals surface area contributed by atoms with E-state index in [0.717, 1.165) is 21.7 Å². The van der Waals surface area contributed by atoms with Gasteiger partial charge in [0.15, 0.2) is 11.2 Å². The van der Waals surface area contributed by atoms with Crippen molar-refractivity contribution in [3.63, 3.8) is 0 Å². The fourth-order valence-electron chi connectivity index (χ4n) is 3.65. The molecule has 0 fully saturated rings. The van der Waals surface area contributed by atoms with Crippen molar-refractivity contribution in [3.8, 4) is 11.4 Å². The second-order valence-electron chi connectivity index (χ2n) is 6.97. The molecule has 0 saturated carbocycles. The molecule has 3 aromatic heterocycles. The molecule has 4 rings (SSSR count). The molecule has 0 radical (unpaired) electrons. The Balaban J connectivity index is 2.06. The lowest BCUT2D eigenvalue weighted by molar-refractivity contribution is -0.144. The third-order valence-electron chi connectivity index (χ3n) is 5.24. The van der Waals surface area contributed by atoms with Crippen molar-refractivity contribution in [2.45, 2.75) is 19.9 Å². The molecule has 0 bridgehead atoms. The van der Waals surface area contributed by atoms with Crippen LogP contribution < -0.4 is 16.0 Å². The summed E-state index contributed by atoms with van der Waals surface area (Å²) in [5.74, 6) is 0.514. The number of hydrogen-bond donors (Lipinski definition) is 0. The molecule has 0 aliphatic carbocycles. The van der Waals surface area contributed by atoms with E-state index in [1.54, 1.807) is 17.7 Å². The standard InChI is InChI=1S/C20H21N5O5/c1-11-10-23-15-16(21-19(23)24(11)13-6-8-14(29-4)9-7-13)22(3)20(28)25(17(15)26)12(2)18(27)30-5/h6-10,12H,1-5H3. The molecule has 10 heteroatoms. The van der Waals surface area contributed by atoms with Crippen LogP contribution >= 0.6 is 0 Å². The molecule has 0 aliphatic rings. The zero-order valence-corrected chi connectivity index (χ0v) is 17.2. The second kappa shape index (κ2) is 6.90. The van der Waals surface area contributed by atoms with Gasteiger partial charge in [0.1, 0.15) is 11.8 Å². The van der Waals surface area contributed by atoms with Crippen molar-refractivity contribution in [1.29, 1.82) is 0 Å². The Morgan fingerprint density at radius 1 is 1.13 bits per heavy atom. The summed E-state index contributed by atoms with van der Waals surface area (Å²) in [5.41, 5.74) is 0.857. The molecule has 4 aromatic rings. The first-order chi connectivity index (χ1) is 14.3. The smallest absolute Gasteiger partial charge is 0.333 e. The van der Waals surface area contributed by atoms with E-state index in [0.29, 0.717) is 5.78 Å². The molecular weight excluding hydrogens is 390 g/mol. The van der Waals surface area contributed by atoms with Gasteiger partial charge in [-0.1, -0.05) is 0 Å². The van der Waals surface area contributed by atoms with Gasteiger partial charge in [0.25, 0.3) is 5.56 Å². The Kier molecular flexibility index (Phi) is 4.49. The summed E-state index contributed by atoms with van der Waals surface area (Å²) in [6, 6.07) is 6.34. The summed E-state index contributed by atoms with van der Waals surface area (Å²) in [7, 11) is 4.32. The first-order valence-corrected chi connectivity index (χ1v) is 9.24. The number of carbonyl (C=O) groups excluding carboxylic acids is 1. The lowest BCUT2D eigenvalue weighted by Gasteiger charge is -2.13. The first kappa shape index (κ1) is 19.5. The molecular formula is C20H21N5O5. The highest BCUT2D eigenvalue weighted by atomic mass is 16.5. The highest BCUT2D eigenvalue weighted by Gasteiger charge is 2.26. The highest BCUT2D eigenvalue weighted by molar-refractivity contribution is 5.78. The summed E-state index contributed by atoms with van der Waals surface area (Å²) in [6.45, 7) is 3.34. The van der Waals surface area contributed by atoms with Gasteiger partial charge in [0, 0.05) is 24.6 Å². The van der Waals surface area contributed by atoms with Crippen molar-refractivity contribution in [1.82, 2.24) is 23.1 Å². The molecule has 0 N–H and O–H groups in total. The van der Waals surface area contributed by atoms with E-state index in [9.17, 15) is 14.4 Å². The van der Waals surface area contributed by atoms with Gasteiger partial charge < -0.3 is 9.47 Å². The molecule has 30 heavy (non-hydrogen) atoms. The fraction of sp³-hybridized carbons (Fsp3) is 0.300. The first-order valence-electron chi connectivity index (χ1n) is 9.24. The van der Waals surface area contributed by atoms with Gasteiger partial charge in [0.2, 0.25) is 5.78 Å². The number of imidazole rings is 2. The number of aryl methyl sites for hydroxylation is 2. The zero-order chi connectivity index (χ0) is 21.7. The van der Waals surface area contributed by atoms with Crippen LogP contribution in [0.1, 0.15) is 18.7 Å². The molecule has 1 unspecified atom stereocenters. The quantitative estimate of drug-likeness (QED) is 0.468. The minimum atomic E-state index is -1.07. The van der Waals surface area contributed by atoms with Crippen LogP contribution in [-0.2, 0) is 16.6 Å². The van der Waals surface area contributed by atoms with Crippen LogP contribution in [0.2, 0.25) is 0 Å². The molecule has 156 valence electrons. The Morgan fingerprint density at radius 2 is 1.80 bits per heavy atom. The number of hydrogen-bond acceptors (Lipinski definition) is 6. The lowest BCUT2D eigenvalue weighted by Crippen LogP contribution is -2.43. The van der Waals surface area contributed by atoms with Gasteiger partial charge in [-0.2, -0.15) is 4.98 Å². The van der Waals surface area contributed by atoms with Crippen LogP contribution in [0.15, 0.2) is 40.1 Å². The maximum absolute atomic E-state index is 13.2. The Labute approximate surface area is 170 Å². The number of fused-ring (bicyclic) bond motifs is 3. The normalized spacial score (nSPS) is 12.4. The molecule has 10 nitrogen and oxygen atoms in total. The van der Waals surface area contributed by atoms with Crippen molar-refractivity contribution < 1.29 is 14.3 Å². The maximum atomic E-state index is 13.2. The van der Waals surface area contributed by atoms with E-state index in [2.05, 4.69) is 4.98 Å². The third kappa shape index (κ3) is 2.64. The van der Waals surface area contributed by atoms with Crippen LogP contribution in [0.3, 0.4) is 0 Å². The average molecular weight is 411 g/mol. The Morgan fingerprint density at radius 3 is 2.40 bits per heavy atom. The number of rotatable bonds is 4. The molecule has 0 saturated heterocycles. The molecule has 1 aromatic carbocycles. The van der Waals surface area contributed by atoms with Gasteiger partial charge in [-0.15, -0.1) is 0 Å². The van der Waals surface area contributed by atoms with E-state index in [-0.39, 0.29) is 11.2 Å². The fourth-order valence-corrected chi connectivity index (χ4v) is 3.65. The monoisotopic (exact) mass is 411 g/mol. The van der Waals surface area contributed by atoms with Crippen LogP contribution in [0.4, 0.5) is 0 Å². The zero-order valence-electron chi connectivity index (χ0n) is 17.2. The van der Waals surface area contributed by atoms with Crippen molar-refractivity contribution in [3.05, 3.63) is 57.0 Å². The van der Waals surface area contributed by atoms with Gasteiger partial charge in [-0.3, -0.25) is 18.3 Å². The highest BCUT2D eigenvalue weighted by Crippen LogP contribution is 2.23. The predicted octanol–water partition coefficient (Wildman–Crippen LogP) is 1.19. The molecule has 0 amide bonds. The topological polar surface area (TPSA) is 102 Å². The van der Waals surface area contributed by atoms with E-state index < -0.39 is 23.3 Å². The van der Waals surface area contributed by atoms with E-state index in [1.165, 1.54) is 25.6 Å². The number of ether oxygens (including phenoxy) is 2. The average Bonchev–Trinajstić information content (AvgIpc) is 3.26. The van der Waals surface area contributed by atoms with E-state index in [1.807, 2.05) is 35.8 Å². The molecule has 0 aliphatic heterocycles. The third-order valence-corrected chi connectivity index (χ3v) is 5.24. The largest absolute Gasteiger partial charge is 0.497 e. The number of benzene rings is 1. The maximum Gasteiger partial charge on any atom is 0.333 e.